The van der Waals surface area contributed by atoms with Crippen molar-refractivity contribution < 1.29 is 4.79 Å². The third-order valence-electron chi connectivity index (χ3n) is 2.01. The number of amides is 2. The number of carbonyl (C=O) groups is 1. The number of primary amides is 1. The van der Waals surface area contributed by atoms with Gasteiger partial charge in [0.1, 0.15) is 17.5 Å². The van der Waals surface area contributed by atoms with Gasteiger partial charge in [0, 0.05) is 25.1 Å². The van der Waals surface area contributed by atoms with Gasteiger partial charge >= 0.3 is 6.03 Å². The molecule has 7 nitrogen and oxygen atoms in total. The van der Waals surface area contributed by atoms with Crippen LogP contribution in [0.25, 0.3) is 0 Å². The molecule has 0 fully saturated rings. The Morgan fingerprint density at radius 3 is 2.71 bits per heavy atom. The first kappa shape index (κ1) is 13.0. The minimum Gasteiger partial charge on any atom is -0.384 e. The standard InChI is InChI=1S/C10H18N6O/c1-6(2)9-15-7(11)5-8(16-9)13-3-4-14-10(12)17/h5-6H,3-4H2,1-2H3,(H3,12,14,17)(H3,11,13,15,16). The van der Waals surface area contributed by atoms with Crippen LogP contribution in [0.2, 0.25) is 0 Å². The smallest absolute Gasteiger partial charge is 0.312 e. The highest BCUT2D eigenvalue weighted by molar-refractivity contribution is 5.71. The lowest BCUT2D eigenvalue weighted by molar-refractivity contribution is 0.249. The van der Waals surface area contributed by atoms with Gasteiger partial charge in [0.25, 0.3) is 0 Å². The van der Waals surface area contributed by atoms with Crippen molar-refractivity contribution in [3.63, 3.8) is 0 Å². The van der Waals surface area contributed by atoms with Crippen LogP contribution in [-0.2, 0) is 0 Å². The molecule has 94 valence electrons. The second-order valence-corrected chi connectivity index (χ2v) is 3.91. The first-order chi connectivity index (χ1) is 7.99. The van der Waals surface area contributed by atoms with E-state index < -0.39 is 6.03 Å². The minimum atomic E-state index is -0.545. The first-order valence-electron chi connectivity index (χ1n) is 5.40. The lowest BCUT2D eigenvalue weighted by atomic mass is 10.2. The Kier molecular flexibility index (Phi) is 4.50. The number of nitrogen functional groups attached to an aromatic ring is 1. The van der Waals surface area contributed by atoms with E-state index in [0.717, 1.165) is 0 Å². The van der Waals surface area contributed by atoms with Gasteiger partial charge in [0.05, 0.1) is 0 Å². The van der Waals surface area contributed by atoms with Gasteiger partial charge in [-0.1, -0.05) is 13.8 Å². The van der Waals surface area contributed by atoms with Crippen LogP contribution in [-0.4, -0.2) is 29.1 Å². The van der Waals surface area contributed by atoms with Crippen LogP contribution in [0.15, 0.2) is 6.07 Å². The molecule has 1 heterocycles. The molecule has 0 saturated heterocycles. The van der Waals surface area contributed by atoms with Gasteiger partial charge in [-0.05, 0) is 0 Å². The highest BCUT2D eigenvalue weighted by Crippen LogP contribution is 2.14. The van der Waals surface area contributed by atoms with E-state index in [4.69, 9.17) is 11.5 Å². The van der Waals surface area contributed by atoms with Gasteiger partial charge in [-0.2, -0.15) is 0 Å². The number of carbonyl (C=O) groups excluding carboxylic acids is 1. The normalized spacial score (nSPS) is 10.3. The van der Waals surface area contributed by atoms with Crippen LogP contribution in [0.3, 0.4) is 0 Å². The van der Waals surface area contributed by atoms with Gasteiger partial charge in [0.2, 0.25) is 0 Å². The zero-order valence-electron chi connectivity index (χ0n) is 10.0. The lowest BCUT2D eigenvalue weighted by Crippen LogP contribution is -2.33. The quantitative estimate of drug-likeness (QED) is 0.549. The average Bonchev–Trinajstić information content (AvgIpc) is 2.23. The third-order valence-corrected chi connectivity index (χ3v) is 2.01. The highest BCUT2D eigenvalue weighted by atomic mass is 16.2. The molecule has 0 atom stereocenters. The molecule has 7 heteroatoms. The summed E-state index contributed by atoms with van der Waals surface area (Å²) < 4.78 is 0. The Morgan fingerprint density at radius 1 is 1.41 bits per heavy atom. The Hall–Kier alpha value is -2.05. The number of hydrogen-bond donors (Lipinski definition) is 4. The molecule has 1 rings (SSSR count). The number of nitrogens with zero attached hydrogens (tertiary/aromatic N) is 2. The van der Waals surface area contributed by atoms with Gasteiger partial charge in [0.15, 0.2) is 0 Å². The Labute approximate surface area is 100 Å². The molecule has 0 radical (unpaired) electrons. The molecule has 17 heavy (non-hydrogen) atoms. The van der Waals surface area contributed by atoms with E-state index in [1.165, 1.54) is 0 Å². The maximum Gasteiger partial charge on any atom is 0.312 e. The summed E-state index contributed by atoms with van der Waals surface area (Å²) in [4.78, 5) is 18.9. The van der Waals surface area contributed by atoms with Crippen molar-refractivity contribution in [3.8, 4) is 0 Å². The largest absolute Gasteiger partial charge is 0.384 e. The highest BCUT2D eigenvalue weighted by Gasteiger charge is 2.06. The van der Waals surface area contributed by atoms with E-state index in [-0.39, 0.29) is 5.92 Å². The summed E-state index contributed by atoms with van der Waals surface area (Å²) >= 11 is 0. The van der Waals surface area contributed by atoms with Crippen molar-refractivity contribution in [1.29, 1.82) is 0 Å². The Morgan fingerprint density at radius 2 is 2.12 bits per heavy atom. The van der Waals surface area contributed by atoms with Crippen molar-refractivity contribution in [1.82, 2.24) is 15.3 Å². The summed E-state index contributed by atoms with van der Waals surface area (Å²) in [6.07, 6.45) is 0. The molecular weight excluding hydrogens is 220 g/mol. The van der Waals surface area contributed by atoms with Crippen molar-refractivity contribution in [3.05, 3.63) is 11.9 Å². The molecule has 2 amide bonds. The van der Waals surface area contributed by atoms with Crippen LogP contribution in [0.1, 0.15) is 25.6 Å². The fourth-order valence-corrected chi connectivity index (χ4v) is 1.21. The molecule has 0 spiro atoms. The van der Waals surface area contributed by atoms with Crippen molar-refractivity contribution in [2.45, 2.75) is 19.8 Å². The average molecular weight is 238 g/mol. The second kappa shape index (κ2) is 5.88. The molecule has 0 unspecified atom stereocenters. The summed E-state index contributed by atoms with van der Waals surface area (Å²) in [5.74, 6) is 1.97. The maximum absolute atomic E-state index is 10.4. The predicted octanol–water partition coefficient (Wildman–Crippen LogP) is 0.262. The number of nitrogens with two attached hydrogens (primary N) is 2. The number of aromatic nitrogens is 2. The maximum atomic E-state index is 10.4. The number of nitrogens with one attached hydrogen (secondary N) is 2. The first-order valence-corrected chi connectivity index (χ1v) is 5.40. The van der Waals surface area contributed by atoms with E-state index in [1.54, 1.807) is 6.07 Å². The van der Waals surface area contributed by atoms with Gasteiger partial charge in [-0.15, -0.1) is 0 Å². The summed E-state index contributed by atoms with van der Waals surface area (Å²) in [6, 6.07) is 1.10. The predicted molar refractivity (Wildman–Crippen MR) is 66.6 cm³/mol. The summed E-state index contributed by atoms with van der Waals surface area (Å²) in [5, 5.41) is 5.50. The van der Waals surface area contributed by atoms with E-state index in [2.05, 4.69) is 20.6 Å². The molecule has 0 aromatic carbocycles. The van der Waals surface area contributed by atoms with E-state index in [1.807, 2.05) is 13.8 Å². The zero-order valence-corrected chi connectivity index (χ0v) is 10.0. The SMILES string of the molecule is CC(C)c1nc(N)cc(NCCNC(N)=O)n1. The fourth-order valence-electron chi connectivity index (χ4n) is 1.21. The summed E-state index contributed by atoms with van der Waals surface area (Å²) in [5.41, 5.74) is 10.6. The third kappa shape index (κ3) is 4.54. The van der Waals surface area contributed by atoms with Gasteiger partial charge in [-0.25, -0.2) is 14.8 Å². The van der Waals surface area contributed by atoms with Crippen molar-refractivity contribution in [2.24, 2.45) is 5.73 Å². The molecule has 0 bridgehead atoms. The number of urea groups is 1. The monoisotopic (exact) mass is 238 g/mol. The summed E-state index contributed by atoms with van der Waals surface area (Å²) in [7, 11) is 0. The fraction of sp³-hybridized carbons (Fsp3) is 0.500. The minimum absolute atomic E-state index is 0.211. The van der Waals surface area contributed by atoms with E-state index >= 15 is 0 Å². The number of hydrogen-bond acceptors (Lipinski definition) is 5. The zero-order chi connectivity index (χ0) is 12.8. The second-order valence-electron chi connectivity index (χ2n) is 3.91. The van der Waals surface area contributed by atoms with E-state index in [0.29, 0.717) is 30.5 Å². The molecule has 0 aliphatic heterocycles. The summed E-state index contributed by atoms with van der Waals surface area (Å²) in [6.45, 7) is 4.94. The Balaban J connectivity index is 2.55. The van der Waals surface area contributed by atoms with Crippen LogP contribution in [0.5, 0.6) is 0 Å². The molecular formula is C10H18N6O. The van der Waals surface area contributed by atoms with Gasteiger partial charge in [-0.3, -0.25) is 0 Å². The molecule has 6 N–H and O–H groups in total. The van der Waals surface area contributed by atoms with E-state index in [9.17, 15) is 4.79 Å². The Bertz CT molecular complexity index is 392. The molecule has 0 aliphatic carbocycles. The van der Waals surface area contributed by atoms with Crippen LogP contribution in [0, 0.1) is 0 Å². The molecule has 1 aromatic rings. The van der Waals surface area contributed by atoms with Crippen molar-refractivity contribution >= 4 is 17.7 Å². The van der Waals surface area contributed by atoms with Gasteiger partial charge < -0.3 is 22.1 Å². The van der Waals surface area contributed by atoms with Crippen LogP contribution < -0.4 is 22.1 Å². The molecule has 0 saturated carbocycles. The number of anilines is 2. The topological polar surface area (TPSA) is 119 Å². The molecule has 1 aromatic heterocycles. The van der Waals surface area contributed by atoms with Crippen LogP contribution >= 0.6 is 0 Å². The number of rotatable bonds is 5. The van der Waals surface area contributed by atoms with Crippen molar-refractivity contribution in [2.75, 3.05) is 24.1 Å². The van der Waals surface area contributed by atoms with Crippen LogP contribution in [0.4, 0.5) is 16.4 Å². The molecule has 0 aliphatic rings. The lowest BCUT2D eigenvalue weighted by Gasteiger charge is -2.10.